The Bertz CT molecular complexity index is 491. The summed E-state index contributed by atoms with van der Waals surface area (Å²) in [7, 11) is 1.55. The average Bonchev–Trinajstić information content (AvgIpc) is 2.29. The first-order chi connectivity index (χ1) is 9.12. The molecular weight excluding hydrogens is 261 g/mol. The van der Waals surface area contributed by atoms with Crippen LogP contribution in [0, 0.1) is 17.2 Å². The van der Waals surface area contributed by atoms with Crippen LogP contribution in [0.2, 0.25) is 0 Å². The van der Waals surface area contributed by atoms with E-state index in [0.29, 0.717) is 0 Å². The zero-order valence-electron chi connectivity index (χ0n) is 12.2. The molecule has 1 atom stereocenters. The molecule has 0 aliphatic heterocycles. The molecule has 0 aromatic heterocycles. The monoisotopic (exact) mass is 281 g/mol. The second-order valence-electron chi connectivity index (χ2n) is 5.96. The molecule has 1 amide bonds. The van der Waals surface area contributed by atoms with Crippen LogP contribution in [0.4, 0.5) is 4.39 Å². The highest BCUT2D eigenvalue weighted by atomic mass is 19.1. The van der Waals surface area contributed by atoms with E-state index < -0.39 is 23.2 Å². The van der Waals surface area contributed by atoms with Crippen LogP contribution < -0.4 is 0 Å². The van der Waals surface area contributed by atoms with Gasteiger partial charge in [0.1, 0.15) is 11.7 Å². The molecule has 110 valence electrons. The Labute approximate surface area is 118 Å². The van der Waals surface area contributed by atoms with Gasteiger partial charge in [-0.3, -0.25) is 9.59 Å². The number of hydrogen-bond donors (Lipinski definition) is 1. The van der Waals surface area contributed by atoms with Gasteiger partial charge in [-0.15, -0.1) is 0 Å². The number of aliphatic carboxylic acids is 1. The molecule has 20 heavy (non-hydrogen) atoms. The molecule has 4 nitrogen and oxygen atoms in total. The summed E-state index contributed by atoms with van der Waals surface area (Å²) >= 11 is 0. The first-order valence-corrected chi connectivity index (χ1v) is 6.35. The molecule has 0 saturated carbocycles. The summed E-state index contributed by atoms with van der Waals surface area (Å²) in [6, 6.07) is 5.77. The molecule has 0 saturated heterocycles. The van der Waals surface area contributed by atoms with E-state index in [0.717, 1.165) is 5.56 Å². The molecule has 0 fully saturated rings. The molecule has 1 N–H and O–H groups in total. The van der Waals surface area contributed by atoms with Crippen molar-refractivity contribution < 1.29 is 19.1 Å². The minimum absolute atomic E-state index is 0.249. The summed E-state index contributed by atoms with van der Waals surface area (Å²) in [5.41, 5.74) is 0.0836. The second-order valence-corrected chi connectivity index (χ2v) is 5.96. The number of carboxylic acid groups (broad SMARTS) is 1. The molecule has 0 radical (unpaired) electrons. The molecular formula is C15H20FNO3. The van der Waals surface area contributed by atoms with E-state index >= 15 is 0 Å². The number of benzene rings is 1. The van der Waals surface area contributed by atoms with Gasteiger partial charge >= 0.3 is 5.97 Å². The van der Waals surface area contributed by atoms with Crippen LogP contribution in [0.3, 0.4) is 0 Å². The Kier molecular flexibility index (Phi) is 4.87. The van der Waals surface area contributed by atoms with Crippen molar-refractivity contribution in [3.63, 3.8) is 0 Å². The predicted molar refractivity (Wildman–Crippen MR) is 73.5 cm³/mol. The first kappa shape index (κ1) is 16.1. The van der Waals surface area contributed by atoms with Gasteiger partial charge in [0, 0.05) is 13.6 Å². The predicted octanol–water partition coefficient (Wildman–Crippen LogP) is 2.53. The van der Waals surface area contributed by atoms with Crippen LogP contribution in [0.1, 0.15) is 26.3 Å². The summed E-state index contributed by atoms with van der Waals surface area (Å²) in [5, 5.41) is 9.23. The molecule has 0 aliphatic carbocycles. The van der Waals surface area contributed by atoms with Crippen molar-refractivity contribution in [2.45, 2.75) is 27.3 Å². The van der Waals surface area contributed by atoms with Crippen molar-refractivity contribution in [1.29, 1.82) is 0 Å². The van der Waals surface area contributed by atoms with Gasteiger partial charge in [0.15, 0.2) is 0 Å². The largest absolute Gasteiger partial charge is 0.481 e. The number of amides is 1. The highest BCUT2D eigenvalue weighted by Crippen LogP contribution is 2.28. The van der Waals surface area contributed by atoms with Crippen LogP contribution >= 0.6 is 0 Å². The highest BCUT2D eigenvalue weighted by Gasteiger charge is 2.39. The fraction of sp³-hybridized carbons (Fsp3) is 0.467. The second kappa shape index (κ2) is 6.03. The Morgan fingerprint density at radius 2 is 1.75 bits per heavy atom. The van der Waals surface area contributed by atoms with Crippen molar-refractivity contribution in [2.24, 2.45) is 11.3 Å². The number of carboxylic acids is 1. The van der Waals surface area contributed by atoms with Crippen LogP contribution in [0.5, 0.6) is 0 Å². The average molecular weight is 281 g/mol. The maximum Gasteiger partial charge on any atom is 0.316 e. The number of halogens is 1. The molecule has 5 heteroatoms. The van der Waals surface area contributed by atoms with Crippen molar-refractivity contribution in [2.75, 3.05) is 7.05 Å². The number of rotatable bonds is 4. The van der Waals surface area contributed by atoms with E-state index in [1.807, 2.05) is 0 Å². The number of carbonyl (C=O) groups excluding carboxylic acids is 1. The van der Waals surface area contributed by atoms with Crippen molar-refractivity contribution in [3.8, 4) is 0 Å². The lowest BCUT2D eigenvalue weighted by atomic mass is 9.80. The van der Waals surface area contributed by atoms with Crippen molar-refractivity contribution >= 4 is 11.9 Å². The third-order valence-electron chi connectivity index (χ3n) is 3.07. The quantitative estimate of drug-likeness (QED) is 0.863. The molecule has 0 spiro atoms. The van der Waals surface area contributed by atoms with Gasteiger partial charge in [-0.2, -0.15) is 0 Å². The SMILES string of the molecule is CN(Cc1ccc(F)cc1)C(=O)C(C(=O)O)C(C)(C)C. The number of hydrogen-bond acceptors (Lipinski definition) is 2. The van der Waals surface area contributed by atoms with E-state index in [1.54, 1.807) is 40.0 Å². The summed E-state index contributed by atoms with van der Waals surface area (Å²) in [4.78, 5) is 24.9. The number of carbonyl (C=O) groups is 2. The van der Waals surface area contributed by atoms with Crippen LogP contribution in [0.15, 0.2) is 24.3 Å². The van der Waals surface area contributed by atoms with Gasteiger partial charge in [-0.1, -0.05) is 32.9 Å². The number of nitrogens with zero attached hydrogens (tertiary/aromatic N) is 1. The minimum Gasteiger partial charge on any atom is -0.481 e. The van der Waals surface area contributed by atoms with Crippen molar-refractivity contribution in [1.82, 2.24) is 4.90 Å². The summed E-state index contributed by atoms with van der Waals surface area (Å²) in [6.07, 6.45) is 0. The Balaban J connectivity index is 2.85. The van der Waals surface area contributed by atoms with Gasteiger partial charge in [-0.05, 0) is 23.1 Å². The van der Waals surface area contributed by atoms with E-state index in [1.165, 1.54) is 17.0 Å². The van der Waals surface area contributed by atoms with E-state index in [4.69, 9.17) is 0 Å². The Hall–Kier alpha value is -1.91. The summed E-state index contributed by atoms with van der Waals surface area (Å²) < 4.78 is 12.8. The highest BCUT2D eigenvalue weighted by molar-refractivity contribution is 5.97. The lowest BCUT2D eigenvalue weighted by molar-refractivity contribution is -0.155. The molecule has 1 rings (SSSR count). The molecule has 1 unspecified atom stereocenters. The maximum absolute atomic E-state index is 12.8. The van der Waals surface area contributed by atoms with E-state index in [2.05, 4.69) is 0 Å². The topological polar surface area (TPSA) is 57.6 Å². The zero-order valence-corrected chi connectivity index (χ0v) is 12.2. The van der Waals surface area contributed by atoms with Crippen LogP contribution in [-0.2, 0) is 16.1 Å². The third-order valence-corrected chi connectivity index (χ3v) is 3.07. The van der Waals surface area contributed by atoms with Gasteiger partial charge in [0.25, 0.3) is 0 Å². The van der Waals surface area contributed by atoms with Gasteiger partial charge < -0.3 is 10.0 Å². The smallest absolute Gasteiger partial charge is 0.316 e. The maximum atomic E-state index is 12.8. The Morgan fingerprint density at radius 1 is 1.25 bits per heavy atom. The van der Waals surface area contributed by atoms with Crippen molar-refractivity contribution in [3.05, 3.63) is 35.6 Å². The molecule has 1 aromatic rings. The lowest BCUT2D eigenvalue weighted by Crippen LogP contribution is -2.43. The normalized spacial score (nSPS) is 12.8. The molecule has 1 aromatic carbocycles. The van der Waals surface area contributed by atoms with Crippen LogP contribution in [-0.4, -0.2) is 28.9 Å². The fourth-order valence-electron chi connectivity index (χ4n) is 2.01. The molecule has 0 aliphatic rings. The van der Waals surface area contributed by atoms with Gasteiger partial charge in [-0.25, -0.2) is 4.39 Å². The van der Waals surface area contributed by atoms with E-state index in [-0.39, 0.29) is 12.4 Å². The minimum atomic E-state index is -1.13. The zero-order chi connectivity index (χ0) is 15.5. The Morgan fingerprint density at radius 3 is 2.15 bits per heavy atom. The first-order valence-electron chi connectivity index (χ1n) is 6.35. The van der Waals surface area contributed by atoms with E-state index in [9.17, 15) is 19.1 Å². The summed E-state index contributed by atoms with van der Waals surface area (Å²) in [6.45, 7) is 5.40. The summed E-state index contributed by atoms with van der Waals surface area (Å²) in [5.74, 6) is -3.03. The van der Waals surface area contributed by atoms with Crippen LogP contribution in [0.25, 0.3) is 0 Å². The standard InChI is InChI=1S/C15H20FNO3/c1-15(2,3)12(14(19)20)13(18)17(4)9-10-5-7-11(16)8-6-10/h5-8,12H,9H2,1-4H3,(H,19,20). The third kappa shape index (κ3) is 4.05. The molecule has 0 bridgehead atoms. The van der Waals surface area contributed by atoms with Gasteiger partial charge in [0.05, 0.1) is 0 Å². The fourth-order valence-corrected chi connectivity index (χ4v) is 2.01. The molecule has 0 heterocycles. The lowest BCUT2D eigenvalue weighted by Gasteiger charge is -2.30. The van der Waals surface area contributed by atoms with Gasteiger partial charge in [0.2, 0.25) is 5.91 Å².